The molecule has 1 fully saturated rings. The third kappa shape index (κ3) is 6.21. The second-order valence-electron chi connectivity index (χ2n) is 7.91. The highest BCUT2D eigenvalue weighted by atomic mass is 19.4. The zero-order chi connectivity index (χ0) is 24.2. The van der Waals surface area contributed by atoms with Gasteiger partial charge in [0.1, 0.15) is 5.56 Å². The van der Waals surface area contributed by atoms with Crippen LogP contribution in [0, 0.1) is 5.92 Å². The summed E-state index contributed by atoms with van der Waals surface area (Å²) < 4.78 is 45.0. The summed E-state index contributed by atoms with van der Waals surface area (Å²) in [5.41, 5.74) is 2.59. The van der Waals surface area contributed by atoms with Gasteiger partial charge in [-0.3, -0.25) is 4.79 Å². The van der Waals surface area contributed by atoms with Crippen LogP contribution in [0.15, 0.2) is 24.7 Å². The summed E-state index contributed by atoms with van der Waals surface area (Å²) in [7, 11) is 3.53. The van der Waals surface area contributed by atoms with E-state index in [0.29, 0.717) is 31.1 Å². The number of carboxylic acid groups (broad SMARTS) is 1. The van der Waals surface area contributed by atoms with Gasteiger partial charge in [-0.05, 0) is 30.9 Å². The molecule has 1 unspecified atom stereocenters. The molecule has 0 bridgehead atoms. The molecule has 4 rings (SSSR count). The van der Waals surface area contributed by atoms with Crippen molar-refractivity contribution in [3.8, 4) is 5.88 Å². The number of methoxy groups -OCH3 is 1. The first-order valence-corrected chi connectivity index (χ1v) is 10.3. The Balaban J connectivity index is 0.000000383. The summed E-state index contributed by atoms with van der Waals surface area (Å²) in [6, 6.07) is 3.50. The van der Waals surface area contributed by atoms with Crippen LogP contribution < -0.4 is 4.74 Å². The Morgan fingerprint density at radius 1 is 1.24 bits per heavy atom. The van der Waals surface area contributed by atoms with Crippen LogP contribution in [-0.2, 0) is 23.1 Å². The molecule has 1 atom stereocenters. The molecule has 33 heavy (non-hydrogen) atoms. The van der Waals surface area contributed by atoms with Gasteiger partial charge in [0.2, 0.25) is 5.88 Å². The molecule has 3 heterocycles. The van der Waals surface area contributed by atoms with Gasteiger partial charge in [0, 0.05) is 38.0 Å². The molecule has 2 aromatic heterocycles. The maximum absolute atomic E-state index is 13.1. The normalized spacial score (nSPS) is 17.6. The second kappa shape index (κ2) is 10.2. The third-order valence-corrected chi connectivity index (χ3v) is 5.32. The number of carboxylic acids is 1. The van der Waals surface area contributed by atoms with Crippen LogP contribution in [0.4, 0.5) is 13.2 Å². The second-order valence-corrected chi connectivity index (χ2v) is 7.91. The number of halogens is 3. The molecule has 9 nitrogen and oxygen atoms in total. The van der Waals surface area contributed by atoms with Crippen molar-refractivity contribution in [1.82, 2.24) is 19.4 Å². The van der Waals surface area contributed by atoms with Crippen LogP contribution in [0.3, 0.4) is 0 Å². The van der Waals surface area contributed by atoms with Crippen molar-refractivity contribution in [3.05, 3.63) is 41.6 Å². The van der Waals surface area contributed by atoms with Crippen LogP contribution in [0.2, 0.25) is 0 Å². The average molecular weight is 470 g/mol. The summed E-state index contributed by atoms with van der Waals surface area (Å²) in [5, 5.41) is 7.12. The van der Waals surface area contributed by atoms with Crippen LogP contribution in [0.1, 0.15) is 40.5 Å². The van der Waals surface area contributed by atoms with Crippen LogP contribution in [0.25, 0.3) is 0 Å². The van der Waals surface area contributed by atoms with Crippen LogP contribution in [0.5, 0.6) is 5.88 Å². The Kier molecular flexibility index (Phi) is 7.57. The van der Waals surface area contributed by atoms with Gasteiger partial charge in [0.05, 0.1) is 32.3 Å². The number of hydrogen-bond donors (Lipinski definition) is 1. The summed E-state index contributed by atoms with van der Waals surface area (Å²) in [4.78, 5) is 32.4. The number of hydrogen-bond acceptors (Lipinski definition) is 6. The minimum atomic E-state index is -5.08. The quantitative estimate of drug-likeness (QED) is 0.692. The van der Waals surface area contributed by atoms with Crippen LogP contribution >= 0.6 is 0 Å². The molecule has 0 radical (unpaired) electrons. The number of aromatic nitrogens is 3. The summed E-state index contributed by atoms with van der Waals surface area (Å²) in [5.74, 6) is -1.64. The predicted octanol–water partition coefficient (Wildman–Crippen LogP) is 2.62. The van der Waals surface area contributed by atoms with E-state index in [2.05, 4.69) is 9.97 Å². The van der Waals surface area contributed by atoms with E-state index in [9.17, 15) is 18.0 Å². The molecule has 180 valence electrons. The zero-order valence-electron chi connectivity index (χ0n) is 18.2. The predicted molar refractivity (Wildman–Crippen MR) is 109 cm³/mol. The number of carbonyl (C=O) groups is 2. The van der Waals surface area contributed by atoms with Gasteiger partial charge < -0.3 is 24.0 Å². The summed E-state index contributed by atoms with van der Waals surface area (Å²) in [6.45, 7) is 2.52. The standard InChI is InChI=1S/C19H24N4O3.C2HF3O2/c1-22-12-21-16-9-23(19(24)15-4-3-7-20-18(15)25-2)8-14(17(16)22)11-26-10-13-5-6-13;3-2(4,5)1(6)7/h3-4,7,12-14H,5-6,8-11H2,1-2H3;(H,6,7). The number of fused-ring (bicyclic) bond motifs is 1. The maximum Gasteiger partial charge on any atom is 0.490 e. The number of imidazole rings is 1. The minimum absolute atomic E-state index is 0.0848. The monoisotopic (exact) mass is 470 g/mol. The Hall–Kier alpha value is -3.15. The number of pyridine rings is 1. The SMILES string of the molecule is COc1ncccc1C(=O)N1Cc2ncn(C)c2C(COCC2CC2)C1.O=C(O)C(F)(F)F. The molecule has 1 saturated carbocycles. The molecule has 0 spiro atoms. The first-order chi connectivity index (χ1) is 15.6. The fourth-order valence-corrected chi connectivity index (χ4v) is 3.57. The molecule has 0 saturated heterocycles. The number of ether oxygens (including phenoxy) is 2. The van der Waals surface area contributed by atoms with Gasteiger partial charge in [-0.1, -0.05) is 0 Å². The van der Waals surface area contributed by atoms with Crippen molar-refractivity contribution in [2.45, 2.75) is 31.5 Å². The molecule has 2 aromatic rings. The Bertz CT molecular complexity index is 991. The lowest BCUT2D eigenvalue weighted by Gasteiger charge is -2.33. The van der Waals surface area contributed by atoms with Gasteiger partial charge in [0.15, 0.2) is 0 Å². The van der Waals surface area contributed by atoms with Gasteiger partial charge in [-0.25, -0.2) is 14.8 Å². The maximum atomic E-state index is 13.1. The molecule has 1 aliphatic heterocycles. The first kappa shape index (κ1) is 24.5. The number of aliphatic carboxylic acids is 1. The number of nitrogens with zero attached hydrogens (tertiary/aromatic N) is 4. The van der Waals surface area contributed by atoms with E-state index >= 15 is 0 Å². The molecule has 1 aliphatic carbocycles. The molecule has 0 aromatic carbocycles. The van der Waals surface area contributed by atoms with Crippen LogP contribution in [-0.4, -0.2) is 69.5 Å². The lowest BCUT2D eigenvalue weighted by Crippen LogP contribution is -2.40. The van der Waals surface area contributed by atoms with Gasteiger partial charge in [-0.2, -0.15) is 13.2 Å². The topological polar surface area (TPSA) is 107 Å². The van der Waals surface area contributed by atoms with Crippen molar-refractivity contribution >= 4 is 11.9 Å². The van der Waals surface area contributed by atoms with E-state index in [-0.39, 0.29) is 11.8 Å². The van der Waals surface area contributed by atoms with Gasteiger partial charge in [-0.15, -0.1) is 0 Å². The summed E-state index contributed by atoms with van der Waals surface area (Å²) in [6.07, 6.45) is 0.897. The first-order valence-electron chi connectivity index (χ1n) is 10.3. The molecule has 12 heteroatoms. The number of amides is 1. The van der Waals surface area contributed by atoms with E-state index in [0.717, 1.165) is 18.2 Å². The van der Waals surface area contributed by atoms with E-state index in [4.69, 9.17) is 19.4 Å². The fraction of sp³-hybridized carbons (Fsp3) is 0.524. The minimum Gasteiger partial charge on any atom is -0.480 e. The number of carbonyl (C=O) groups excluding carboxylic acids is 1. The van der Waals surface area contributed by atoms with Crippen molar-refractivity contribution in [3.63, 3.8) is 0 Å². The molecule has 1 amide bonds. The lowest BCUT2D eigenvalue weighted by molar-refractivity contribution is -0.192. The van der Waals surface area contributed by atoms with Crippen molar-refractivity contribution < 1.29 is 37.3 Å². The average Bonchev–Trinajstić information content (AvgIpc) is 3.53. The lowest BCUT2D eigenvalue weighted by atomic mass is 9.98. The Morgan fingerprint density at radius 3 is 2.55 bits per heavy atom. The Labute approximate surface area is 188 Å². The van der Waals surface area contributed by atoms with Gasteiger partial charge >= 0.3 is 12.1 Å². The highest BCUT2D eigenvalue weighted by Crippen LogP contribution is 2.32. The molecular weight excluding hydrogens is 445 g/mol. The number of rotatable bonds is 6. The highest BCUT2D eigenvalue weighted by Gasteiger charge is 2.38. The van der Waals surface area contributed by atoms with Crippen molar-refractivity contribution in [2.24, 2.45) is 13.0 Å². The smallest absolute Gasteiger partial charge is 0.480 e. The van der Waals surface area contributed by atoms with E-state index in [1.54, 1.807) is 18.3 Å². The van der Waals surface area contributed by atoms with E-state index in [1.807, 2.05) is 22.8 Å². The summed E-state index contributed by atoms with van der Waals surface area (Å²) >= 11 is 0. The molecule has 2 aliphatic rings. The molecule has 1 N–H and O–H groups in total. The fourth-order valence-electron chi connectivity index (χ4n) is 3.57. The third-order valence-electron chi connectivity index (χ3n) is 5.32. The van der Waals surface area contributed by atoms with Crippen molar-refractivity contribution in [2.75, 3.05) is 26.9 Å². The number of aryl methyl sites for hydroxylation is 1. The number of alkyl halides is 3. The van der Waals surface area contributed by atoms with E-state index in [1.165, 1.54) is 25.6 Å². The largest absolute Gasteiger partial charge is 0.490 e. The Morgan fingerprint density at radius 2 is 1.94 bits per heavy atom. The molecular formula is C21H25F3N4O5. The van der Waals surface area contributed by atoms with Gasteiger partial charge in [0.25, 0.3) is 5.91 Å². The van der Waals surface area contributed by atoms with E-state index < -0.39 is 12.1 Å². The zero-order valence-corrected chi connectivity index (χ0v) is 18.2. The highest BCUT2D eigenvalue weighted by molar-refractivity contribution is 5.96. The van der Waals surface area contributed by atoms with Crippen molar-refractivity contribution in [1.29, 1.82) is 0 Å².